The van der Waals surface area contributed by atoms with Gasteiger partial charge in [0.25, 0.3) is 0 Å². The van der Waals surface area contributed by atoms with Gasteiger partial charge in [0.15, 0.2) is 0 Å². The Bertz CT molecular complexity index is 1280. The molecule has 0 rings (SSSR count). The number of ether oxygens (including phenoxy) is 4. The van der Waals surface area contributed by atoms with Gasteiger partial charge in [-0.05, 0) is 6.92 Å². The third kappa shape index (κ3) is 8.61. The summed E-state index contributed by atoms with van der Waals surface area (Å²) in [5.74, 6) is -64.9. The molecule has 0 aromatic heterocycles. The fourth-order valence-electron chi connectivity index (χ4n) is 3.04. The lowest BCUT2D eigenvalue weighted by Crippen LogP contribution is -2.74. The molecular formula is C25H21F17O8. The summed E-state index contributed by atoms with van der Waals surface area (Å²) in [6.07, 6.45) is -13.4. The molecule has 0 spiro atoms. The van der Waals surface area contributed by atoms with Crippen LogP contribution in [0, 0.1) is 5.41 Å². The van der Waals surface area contributed by atoms with Gasteiger partial charge in [-0.1, -0.05) is 19.7 Å². The lowest BCUT2D eigenvalue weighted by atomic mass is 9.87. The van der Waals surface area contributed by atoms with Gasteiger partial charge in [-0.25, -0.2) is 14.4 Å². The Hall–Kier alpha value is -4.09. The highest BCUT2D eigenvalue weighted by atomic mass is 19.4. The standard InChI is InChI=1S/C25H21F17O8/c1-5-13(43)48-10-17(4,11-49-14(44)6-2)16(46)47-9-12(50-15(45)7-3)8-18(26,27)19(28,29)20(30,31)21(32,33)22(34,35)23(36,37)24(38,39)25(40,41)42/h5-7,12H,1-3,8-11H2,4H3. The summed E-state index contributed by atoms with van der Waals surface area (Å²) in [4.78, 5) is 47.0. The number of hydrogen-bond donors (Lipinski definition) is 0. The van der Waals surface area contributed by atoms with Crippen LogP contribution >= 0.6 is 0 Å². The van der Waals surface area contributed by atoms with Gasteiger partial charge in [0.2, 0.25) is 0 Å². The van der Waals surface area contributed by atoms with Gasteiger partial charge in [0, 0.05) is 18.2 Å². The highest BCUT2D eigenvalue weighted by molar-refractivity contribution is 5.84. The molecule has 0 saturated carbocycles. The Morgan fingerprint density at radius 1 is 0.540 bits per heavy atom. The van der Waals surface area contributed by atoms with Gasteiger partial charge in [0.05, 0.1) is 6.42 Å². The maximum atomic E-state index is 14.6. The quantitative estimate of drug-likeness (QED) is 0.0636. The minimum atomic E-state index is -8.86. The molecule has 1 atom stereocenters. The zero-order valence-corrected chi connectivity index (χ0v) is 24.5. The first-order chi connectivity index (χ1) is 22.1. The van der Waals surface area contributed by atoms with Crippen molar-refractivity contribution in [1.82, 2.24) is 0 Å². The molecule has 0 radical (unpaired) electrons. The normalized spacial score (nSPS) is 14.6. The summed E-state index contributed by atoms with van der Waals surface area (Å²) in [6.45, 7) is 5.13. The average molecular weight is 772 g/mol. The molecule has 288 valence electrons. The van der Waals surface area contributed by atoms with E-state index in [1.807, 2.05) is 0 Å². The first kappa shape index (κ1) is 45.9. The van der Waals surface area contributed by atoms with E-state index >= 15 is 0 Å². The van der Waals surface area contributed by atoms with E-state index in [0.717, 1.165) is 6.92 Å². The van der Waals surface area contributed by atoms with E-state index in [-0.39, 0.29) is 6.08 Å². The zero-order valence-electron chi connectivity index (χ0n) is 24.5. The van der Waals surface area contributed by atoms with Crippen molar-refractivity contribution in [3.63, 3.8) is 0 Å². The monoisotopic (exact) mass is 772 g/mol. The van der Waals surface area contributed by atoms with Crippen LogP contribution in [0.25, 0.3) is 0 Å². The second-order valence-corrected chi connectivity index (χ2v) is 9.90. The van der Waals surface area contributed by atoms with Crippen molar-refractivity contribution >= 4 is 23.9 Å². The molecule has 50 heavy (non-hydrogen) atoms. The highest BCUT2D eigenvalue weighted by Crippen LogP contribution is 2.64. The molecule has 0 heterocycles. The number of hydrogen-bond acceptors (Lipinski definition) is 8. The molecule has 0 aromatic rings. The molecule has 0 aliphatic carbocycles. The molecule has 0 aliphatic heterocycles. The van der Waals surface area contributed by atoms with Crippen LogP contribution in [0.2, 0.25) is 0 Å². The van der Waals surface area contributed by atoms with Crippen LogP contribution in [0.1, 0.15) is 13.3 Å². The predicted molar refractivity (Wildman–Crippen MR) is 127 cm³/mol. The van der Waals surface area contributed by atoms with Gasteiger partial charge < -0.3 is 18.9 Å². The summed E-state index contributed by atoms with van der Waals surface area (Å²) in [5.41, 5.74) is -2.40. The van der Waals surface area contributed by atoms with E-state index in [0.29, 0.717) is 12.2 Å². The number of halogens is 17. The van der Waals surface area contributed by atoms with Crippen molar-refractivity contribution < 1.29 is 113 Å². The van der Waals surface area contributed by atoms with E-state index in [9.17, 15) is 93.8 Å². The summed E-state index contributed by atoms with van der Waals surface area (Å²) in [5, 5.41) is 0. The second-order valence-electron chi connectivity index (χ2n) is 9.90. The lowest BCUT2D eigenvalue weighted by Gasteiger charge is -2.43. The van der Waals surface area contributed by atoms with E-state index < -0.39 is 109 Å². The molecule has 0 aliphatic rings. The molecule has 0 bridgehead atoms. The smallest absolute Gasteiger partial charge is 0.460 e. The first-order valence-electron chi connectivity index (χ1n) is 12.4. The van der Waals surface area contributed by atoms with Crippen molar-refractivity contribution in [2.45, 2.75) is 67.1 Å². The fraction of sp³-hybridized carbons (Fsp3) is 0.600. The van der Waals surface area contributed by atoms with E-state index in [4.69, 9.17) is 0 Å². The molecular weight excluding hydrogens is 751 g/mol. The molecule has 0 N–H and O–H groups in total. The Morgan fingerprint density at radius 3 is 1.22 bits per heavy atom. The molecule has 0 fully saturated rings. The van der Waals surface area contributed by atoms with Crippen LogP contribution in [-0.4, -0.2) is 97.4 Å². The van der Waals surface area contributed by atoms with Crippen LogP contribution < -0.4 is 0 Å². The van der Waals surface area contributed by atoms with Gasteiger partial charge in [0.1, 0.15) is 31.3 Å². The van der Waals surface area contributed by atoms with Crippen LogP contribution in [0.4, 0.5) is 74.6 Å². The van der Waals surface area contributed by atoms with Crippen molar-refractivity contribution in [2.24, 2.45) is 5.41 Å². The molecule has 0 amide bonds. The Labute approximate surface area is 267 Å². The summed E-state index contributed by atoms with van der Waals surface area (Å²) in [6, 6.07) is 0. The van der Waals surface area contributed by atoms with Crippen molar-refractivity contribution in [3.8, 4) is 0 Å². The summed E-state index contributed by atoms with van der Waals surface area (Å²) in [7, 11) is 0. The van der Waals surface area contributed by atoms with E-state index in [1.54, 1.807) is 0 Å². The maximum Gasteiger partial charge on any atom is 0.460 e. The van der Waals surface area contributed by atoms with Crippen LogP contribution in [0.3, 0.4) is 0 Å². The second kappa shape index (κ2) is 15.0. The number of rotatable bonds is 19. The topological polar surface area (TPSA) is 105 Å². The lowest BCUT2D eigenvalue weighted by molar-refractivity contribution is -0.462. The van der Waals surface area contributed by atoms with Crippen LogP contribution in [0.15, 0.2) is 38.0 Å². The first-order valence-corrected chi connectivity index (χ1v) is 12.4. The van der Waals surface area contributed by atoms with Crippen LogP contribution in [0.5, 0.6) is 0 Å². The minimum absolute atomic E-state index is 0.0327. The molecule has 25 heteroatoms. The number of carbonyl (C=O) groups excluding carboxylic acids is 4. The number of alkyl halides is 17. The van der Waals surface area contributed by atoms with Gasteiger partial charge in [-0.3, -0.25) is 4.79 Å². The molecule has 0 aromatic carbocycles. The van der Waals surface area contributed by atoms with Gasteiger partial charge in [-0.15, -0.1) is 0 Å². The van der Waals surface area contributed by atoms with Crippen LogP contribution in [-0.2, 0) is 38.1 Å². The summed E-state index contributed by atoms with van der Waals surface area (Å²) < 4.78 is 249. The van der Waals surface area contributed by atoms with E-state index in [1.165, 1.54) is 0 Å². The van der Waals surface area contributed by atoms with Crippen molar-refractivity contribution in [3.05, 3.63) is 38.0 Å². The fourth-order valence-corrected chi connectivity index (χ4v) is 3.04. The number of carbonyl (C=O) groups is 4. The Morgan fingerprint density at radius 2 is 0.880 bits per heavy atom. The van der Waals surface area contributed by atoms with Crippen molar-refractivity contribution in [2.75, 3.05) is 19.8 Å². The SMILES string of the molecule is C=CC(=O)OCC(C)(COC(=O)C=C)C(=O)OCC(CC(F)(F)C(F)(F)C(F)(F)C(F)(F)C(F)(F)C(F)(F)C(F)(F)C(F)(F)F)OC(=O)C=C. The Balaban J connectivity index is 6.72. The highest BCUT2D eigenvalue weighted by Gasteiger charge is 2.95. The maximum absolute atomic E-state index is 14.6. The Kier molecular flexibility index (Phi) is 13.8. The third-order valence-electron chi connectivity index (χ3n) is 6.01. The van der Waals surface area contributed by atoms with E-state index in [2.05, 4.69) is 38.7 Å². The molecule has 1 unspecified atom stereocenters. The van der Waals surface area contributed by atoms with Gasteiger partial charge >= 0.3 is 71.5 Å². The molecule has 8 nitrogen and oxygen atoms in total. The number of esters is 4. The average Bonchev–Trinajstić information content (AvgIpc) is 2.99. The largest absolute Gasteiger partial charge is 0.461 e. The zero-order chi connectivity index (χ0) is 40.2. The minimum Gasteiger partial charge on any atom is -0.461 e. The predicted octanol–water partition coefficient (Wildman–Crippen LogP) is 6.49. The molecule has 0 saturated heterocycles. The van der Waals surface area contributed by atoms with Gasteiger partial charge in [-0.2, -0.15) is 74.6 Å². The van der Waals surface area contributed by atoms with Crippen molar-refractivity contribution in [1.29, 1.82) is 0 Å². The third-order valence-corrected chi connectivity index (χ3v) is 6.01. The summed E-state index contributed by atoms with van der Waals surface area (Å²) >= 11 is 0.